The standard InChI is InChI=1S/C17H22N2O5/c1-2-19(10-15(20)21)12-8-11(9-12)18-17(22)13-4-3-5-14-16(13)24-7-6-23-14/h3-5,11-12H,2,6-10H2,1H3,(H,18,22)(H,20,21). The van der Waals surface area contributed by atoms with Gasteiger partial charge in [0.25, 0.3) is 5.91 Å². The molecule has 1 fully saturated rings. The number of hydrogen-bond acceptors (Lipinski definition) is 5. The summed E-state index contributed by atoms with van der Waals surface area (Å²) >= 11 is 0. The van der Waals surface area contributed by atoms with Gasteiger partial charge in [-0.15, -0.1) is 0 Å². The van der Waals surface area contributed by atoms with E-state index in [1.165, 1.54) is 0 Å². The first-order valence-electron chi connectivity index (χ1n) is 8.23. The summed E-state index contributed by atoms with van der Waals surface area (Å²) in [5, 5.41) is 11.9. The van der Waals surface area contributed by atoms with Gasteiger partial charge in [-0.2, -0.15) is 0 Å². The number of carbonyl (C=O) groups excluding carboxylic acids is 1. The Kier molecular flexibility index (Phi) is 4.89. The normalized spacial score (nSPS) is 21.9. The summed E-state index contributed by atoms with van der Waals surface area (Å²) in [4.78, 5) is 25.3. The maximum Gasteiger partial charge on any atom is 0.317 e. The number of ether oxygens (including phenoxy) is 2. The zero-order chi connectivity index (χ0) is 17.1. The number of nitrogens with one attached hydrogen (secondary N) is 1. The summed E-state index contributed by atoms with van der Waals surface area (Å²) in [6, 6.07) is 5.56. The van der Waals surface area contributed by atoms with Crippen LogP contribution in [0.4, 0.5) is 0 Å². The van der Waals surface area contributed by atoms with E-state index in [0.29, 0.717) is 36.8 Å². The molecule has 0 aromatic heterocycles. The molecule has 1 aliphatic heterocycles. The molecule has 24 heavy (non-hydrogen) atoms. The van der Waals surface area contributed by atoms with Crippen molar-refractivity contribution in [1.29, 1.82) is 0 Å². The van der Waals surface area contributed by atoms with Gasteiger partial charge in [0.15, 0.2) is 11.5 Å². The summed E-state index contributed by atoms with van der Waals surface area (Å²) in [5.41, 5.74) is 0.480. The fourth-order valence-corrected chi connectivity index (χ4v) is 3.19. The SMILES string of the molecule is CCN(CC(=O)O)C1CC(NC(=O)c2cccc3c2OCCO3)C1. The molecule has 1 aliphatic carbocycles. The van der Waals surface area contributed by atoms with Crippen LogP contribution in [-0.2, 0) is 4.79 Å². The smallest absolute Gasteiger partial charge is 0.317 e. The summed E-state index contributed by atoms with van der Waals surface area (Å²) in [6.45, 7) is 3.60. The van der Waals surface area contributed by atoms with Gasteiger partial charge in [0.2, 0.25) is 0 Å². The van der Waals surface area contributed by atoms with E-state index in [1.54, 1.807) is 18.2 Å². The number of hydrogen-bond donors (Lipinski definition) is 2. The number of aliphatic carboxylic acids is 1. The average molecular weight is 334 g/mol. The highest BCUT2D eigenvalue weighted by Gasteiger charge is 2.35. The quantitative estimate of drug-likeness (QED) is 0.811. The molecule has 0 radical (unpaired) electrons. The molecule has 2 aliphatic rings. The van der Waals surface area contributed by atoms with Crippen molar-refractivity contribution in [3.05, 3.63) is 23.8 Å². The van der Waals surface area contributed by atoms with Crippen LogP contribution in [-0.4, -0.2) is 60.3 Å². The summed E-state index contributed by atoms with van der Waals surface area (Å²) in [6.07, 6.45) is 1.53. The van der Waals surface area contributed by atoms with Crippen molar-refractivity contribution in [3.63, 3.8) is 0 Å². The van der Waals surface area contributed by atoms with Crippen molar-refractivity contribution >= 4 is 11.9 Å². The van der Waals surface area contributed by atoms with E-state index in [0.717, 1.165) is 12.8 Å². The maximum absolute atomic E-state index is 12.5. The molecule has 0 atom stereocenters. The molecule has 1 heterocycles. The molecule has 0 bridgehead atoms. The van der Waals surface area contributed by atoms with Crippen molar-refractivity contribution in [2.45, 2.75) is 31.8 Å². The molecule has 7 nitrogen and oxygen atoms in total. The van der Waals surface area contributed by atoms with E-state index in [2.05, 4.69) is 5.32 Å². The Bertz CT molecular complexity index is 627. The van der Waals surface area contributed by atoms with E-state index < -0.39 is 5.97 Å². The van der Waals surface area contributed by atoms with Crippen molar-refractivity contribution in [2.24, 2.45) is 0 Å². The Balaban J connectivity index is 1.57. The minimum atomic E-state index is -0.822. The second-order valence-electron chi connectivity index (χ2n) is 6.08. The Morgan fingerprint density at radius 2 is 2.04 bits per heavy atom. The van der Waals surface area contributed by atoms with Crippen molar-refractivity contribution in [1.82, 2.24) is 10.2 Å². The van der Waals surface area contributed by atoms with Crippen LogP contribution in [0.2, 0.25) is 0 Å². The Morgan fingerprint density at radius 3 is 2.75 bits per heavy atom. The van der Waals surface area contributed by atoms with E-state index in [4.69, 9.17) is 14.6 Å². The van der Waals surface area contributed by atoms with Crippen molar-refractivity contribution in [3.8, 4) is 11.5 Å². The number of carboxylic acids is 1. The third-order valence-electron chi connectivity index (χ3n) is 4.52. The van der Waals surface area contributed by atoms with Gasteiger partial charge in [0.05, 0.1) is 12.1 Å². The summed E-state index contributed by atoms with van der Waals surface area (Å²) < 4.78 is 11.1. The topological polar surface area (TPSA) is 88.1 Å². The minimum Gasteiger partial charge on any atom is -0.486 e. The fraction of sp³-hybridized carbons (Fsp3) is 0.529. The molecule has 1 aromatic rings. The van der Waals surface area contributed by atoms with Gasteiger partial charge >= 0.3 is 5.97 Å². The monoisotopic (exact) mass is 334 g/mol. The first-order valence-corrected chi connectivity index (χ1v) is 8.23. The van der Waals surface area contributed by atoms with Crippen LogP contribution in [0.25, 0.3) is 0 Å². The number of rotatable bonds is 6. The van der Waals surface area contributed by atoms with Gasteiger partial charge in [-0.25, -0.2) is 0 Å². The highest BCUT2D eigenvalue weighted by atomic mass is 16.6. The first kappa shape index (κ1) is 16.6. The van der Waals surface area contributed by atoms with Crippen LogP contribution in [0, 0.1) is 0 Å². The van der Waals surface area contributed by atoms with Gasteiger partial charge in [-0.05, 0) is 31.5 Å². The number of nitrogens with zero attached hydrogens (tertiary/aromatic N) is 1. The lowest BCUT2D eigenvalue weighted by Gasteiger charge is -2.42. The number of benzene rings is 1. The lowest BCUT2D eigenvalue weighted by atomic mass is 9.85. The molecule has 7 heteroatoms. The van der Waals surface area contributed by atoms with Crippen molar-refractivity contribution < 1.29 is 24.2 Å². The number of carboxylic acid groups (broad SMARTS) is 1. The van der Waals surface area contributed by atoms with Gasteiger partial charge in [-0.3, -0.25) is 14.5 Å². The van der Waals surface area contributed by atoms with Crippen LogP contribution in [0.15, 0.2) is 18.2 Å². The van der Waals surface area contributed by atoms with Gasteiger partial charge < -0.3 is 19.9 Å². The largest absolute Gasteiger partial charge is 0.486 e. The van der Waals surface area contributed by atoms with E-state index in [9.17, 15) is 9.59 Å². The molecule has 0 unspecified atom stereocenters. The Labute approximate surface area is 140 Å². The molecular formula is C17H22N2O5. The molecule has 0 saturated heterocycles. The fourth-order valence-electron chi connectivity index (χ4n) is 3.19. The number of amides is 1. The number of carbonyl (C=O) groups is 2. The second kappa shape index (κ2) is 7.09. The van der Waals surface area contributed by atoms with E-state index in [1.807, 2.05) is 11.8 Å². The first-order chi connectivity index (χ1) is 11.6. The molecule has 130 valence electrons. The van der Waals surface area contributed by atoms with Crippen LogP contribution in [0.1, 0.15) is 30.1 Å². The summed E-state index contributed by atoms with van der Waals surface area (Å²) in [5.74, 6) is 0.0941. The third-order valence-corrected chi connectivity index (χ3v) is 4.52. The predicted molar refractivity (Wildman–Crippen MR) is 86.6 cm³/mol. The molecular weight excluding hydrogens is 312 g/mol. The lowest BCUT2D eigenvalue weighted by Crippen LogP contribution is -2.54. The summed E-state index contributed by atoms with van der Waals surface area (Å²) in [7, 11) is 0. The molecule has 1 saturated carbocycles. The highest BCUT2D eigenvalue weighted by Crippen LogP contribution is 2.34. The zero-order valence-electron chi connectivity index (χ0n) is 13.7. The second-order valence-corrected chi connectivity index (χ2v) is 6.08. The minimum absolute atomic E-state index is 0.0409. The van der Waals surface area contributed by atoms with Crippen LogP contribution < -0.4 is 14.8 Å². The Morgan fingerprint density at radius 1 is 1.29 bits per heavy atom. The zero-order valence-corrected chi connectivity index (χ0v) is 13.7. The van der Waals surface area contributed by atoms with E-state index >= 15 is 0 Å². The lowest BCUT2D eigenvalue weighted by molar-refractivity contribution is -0.139. The predicted octanol–water partition coefficient (Wildman–Crippen LogP) is 1.13. The molecule has 1 aromatic carbocycles. The molecule has 1 amide bonds. The van der Waals surface area contributed by atoms with Gasteiger partial charge in [0, 0.05) is 12.1 Å². The third kappa shape index (κ3) is 3.46. The van der Waals surface area contributed by atoms with Crippen LogP contribution in [0.5, 0.6) is 11.5 Å². The van der Waals surface area contributed by atoms with Gasteiger partial charge in [-0.1, -0.05) is 13.0 Å². The highest BCUT2D eigenvalue weighted by molar-refractivity contribution is 5.98. The van der Waals surface area contributed by atoms with Crippen molar-refractivity contribution in [2.75, 3.05) is 26.3 Å². The maximum atomic E-state index is 12.5. The van der Waals surface area contributed by atoms with E-state index in [-0.39, 0.29) is 24.5 Å². The number of para-hydroxylation sites is 1. The number of likely N-dealkylation sites (N-methyl/N-ethyl adjacent to an activating group) is 1. The Hall–Kier alpha value is -2.28. The molecule has 2 N–H and O–H groups in total. The molecule has 3 rings (SSSR count). The molecule has 0 spiro atoms. The van der Waals surface area contributed by atoms with Gasteiger partial charge in [0.1, 0.15) is 13.2 Å². The number of fused-ring (bicyclic) bond motifs is 1. The van der Waals surface area contributed by atoms with Crippen LogP contribution >= 0.6 is 0 Å². The average Bonchev–Trinajstić information content (AvgIpc) is 2.55. The van der Waals surface area contributed by atoms with Crippen LogP contribution in [0.3, 0.4) is 0 Å².